The first-order chi connectivity index (χ1) is 19.5. The van der Waals surface area contributed by atoms with Gasteiger partial charge in [-0.2, -0.15) is 0 Å². The SMILES string of the molecule is CCCCc1nc(C2CC2)n(-c2ncc(OCC)cn2)c(=O)c1Cc1ccc(-c2ccccc2C(=N)NO)nc1. The van der Waals surface area contributed by atoms with Gasteiger partial charge in [0, 0.05) is 35.2 Å². The van der Waals surface area contributed by atoms with Crippen molar-refractivity contribution in [3.05, 3.63) is 93.6 Å². The Morgan fingerprint density at radius 3 is 2.52 bits per heavy atom. The van der Waals surface area contributed by atoms with Crippen LogP contribution >= 0.6 is 0 Å². The zero-order valence-corrected chi connectivity index (χ0v) is 22.7. The number of hydroxylamine groups is 1. The number of pyridine rings is 1. The van der Waals surface area contributed by atoms with Crippen molar-refractivity contribution in [1.82, 2.24) is 30.0 Å². The monoisotopic (exact) mass is 539 g/mol. The topological polar surface area (TPSA) is 139 Å². The Morgan fingerprint density at radius 1 is 1.10 bits per heavy atom. The molecule has 0 spiro atoms. The predicted octanol–water partition coefficient (Wildman–Crippen LogP) is 4.60. The fraction of sp³-hybridized carbons (Fsp3) is 0.333. The van der Waals surface area contributed by atoms with E-state index in [2.05, 4.69) is 21.9 Å². The van der Waals surface area contributed by atoms with Crippen molar-refractivity contribution in [2.75, 3.05) is 6.61 Å². The Morgan fingerprint density at radius 2 is 1.88 bits per heavy atom. The molecule has 0 unspecified atom stereocenters. The maximum Gasteiger partial charge on any atom is 0.264 e. The van der Waals surface area contributed by atoms with Crippen LogP contribution < -0.4 is 15.8 Å². The number of amidine groups is 1. The van der Waals surface area contributed by atoms with Crippen LogP contribution in [0.2, 0.25) is 0 Å². The van der Waals surface area contributed by atoms with Gasteiger partial charge in [0.15, 0.2) is 5.75 Å². The van der Waals surface area contributed by atoms with Gasteiger partial charge >= 0.3 is 0 Å². The lowest BCUT2D eigenvalue weighted by Gasteiger charge is -2.16. The van der Waals surface area contributed by atoms with E-state index >= 15 is 0 Å². The van der Waals surface area contributed by atoms with Crippen molar-refractivity contribution in [2.45, 2.75) is 58.3 Å². The average molecular weight is 540 g/mol. The molecule has 3 N–H and O–H groups in total. The number of ether oxygens (including phenoxy) is 1. The number of nitrogens with one attached hydrogen (secondary N) is 2. The van der Waals surface area contributed by atoms with Gasteiger partial charge in [-0.3, -0.25) is 25.9 Å². The molecule has 40 heavy (non-hydrogen) atoms. The van der Waals surface area contributed by atoms with Gasteiger partial charge in [0.2, 0.25) is 5.95 Å². The summed E-state index contributed by atoms with van der Waals surface area (Å²) in [7, 11) is 0. The number of unbranched alkanes of at least 4 members (excludes halogenated alkanes) is 1. The molecule has 4 aromatic rings. The number of aromatic nitrogens is 5. The van der Waals surface area contributed by atoms with E-state index in [0.29, 0.717) is 41.5 Å². The highest BCUT2D eigenvalue weighted by atomic mass is 16.5. The first kappa shape index (κ1) is 27.1. The molecule has 3 heterocycles. The third-order valence-corrected chi connectivity index (χ3v) is 6.91. The summed E-state index contributed by atoms with van der Waals surface area (Å²) in [5.74, 6) is 1.70. The third kappa shape index (κ3) is 5.76. The average Bonchev–Trinajstić information content (AvgIpc) is 3.84. The van der Waals surface area contributed by atoms with E-state index in [-0.39, 0.29) is 17.3 Å². The van der Waals surface area contributed by atoms with Gasteiger partial charge in [0.05, 0.1) is 30.4 Å². The molecule has 0 atom stereocenters. The number of hydrogen-bond donors (Lipinski definition) is 3. The van der Waals surface area contributed by atoms with Gasteiger partial charge in [-0.15, -0.1) is 0 Å². The largest absolute Gasteiger partial charge is 0.491 e. The summed E-state index contributed by atoms with van der Waals surface area (Å²) < 4.78 is 7.06. The minimum atomic E-state index is -0.149. The Balaban J connectivity index is 1.53. The van der Waals surface area contributed by atoms with E-state index in [1.807, 2.05) is 36.7 Å². The summed E-state index contributed by atoms with van der Waals surface area (Å²) in [5, 5.41) is 17.2. The van der Waals surface area contributed by atoms with E-state index in [9.17, 15) is 10.0 Å². The molecule has 5 rings (SSSR count). The van der Waals surface area contributed by atoms with Crippen molar-refractivity contribution < 1.29 is 9.94 Å². The standard InChI is InChI=1S/C30H33N7O3/c1-3-5-10-26-24(15-19-11-14-25(32-16-19)22-8-6-7-9-23(22)27(31)36-39)29(38)37(28(35-26)20-12-13-20)30-33-17-21(18-34-30)40-4-2/h6-9,11,14,16-18,20,39H,3-5,10,12-13,15H2,1-2H3,(H2,31,36). The predicted molar refractivity (Wildman–Crippen MR) is 151 cm³/mol. The molecule has 0 saturated heterocycles. The molecule has 1 saturated carbocycles. The van der Waals surface area contributed by atoms with Crippen LogP contribution in [-0.2, 0) is 12.8 Å². The molecule has 0 radical (unpaired) electrons. The maximum atomic E-state index is 14.1. The Hall–Kier alpha value is -4.44. The highest BCUT2D eigenvalue weighted by Gasteiger charge is 2.32. The highest BCUT2D eigenvalue weighted by molar-refractivity contribution is 6.01. The maximum absolute atomic E-state index is 14.1. The van der Waals surface area contributed by atoms with Crippen LogP contribution in [-0.4, -0.2) is 42.2 Å². The number of aryl methyl sites for hydroxylation is 1. The molecule has 1 aliphatic carbocycles. The molecule has 0 amide bonds. The van der Waals surface area contributed by atoms with Crippen molar-refractivity contribution in [3.63, 3.8) is 0 Å². The summed E-state index contributed by atoms with van der Waals surface area (Å²) in [5.41, 5.74) is 5.98. The van der Waals surface area contributed by atoms with Crippen LogP contribution in [0.5, 0.6) is 5.75 Å². The zero-order valence-electron chi connectivity index (χ0n) is 22.7. The summed E-state index contributed by atoms with van der Waals surface area (Å²) >= 11 is 0. The van der Waals surface area contributed by atoms with Crippen LogP contribution in [0.15, 0.2) is 59.8 Å². The number of nitrogens with zero attached hydrogens (tertiary/aromatic N) is 5. The van der Waals surface area contributed by atoms with Crippen LogP contribution in [0.4, 0.5) is 0 Å². The van der Waals surface area contributed by atoms with Crippen molar-refractivity contribution >= 4 is 5.84 Å². The van der Waals surface area contributed by atoms with Gasteiger partial charge in [-0.05, 0) is 44.2 Å². The Bertz CT molecular complexity index is 1550. The fourth-order valence-corrected chi connectivity index (χ4v) is 4.70. The number of hydrogen-bond acceptors (Lipinski definition) is 8. The van der Waals surface area contributed by atoms with Crippen molar-refractivity contribution in [2.24, 2.45) is 0 Å². The Kier molecular flexibility index (Phi) is 8.26. The quantitative estimate of drug-likeness (QED) is 0.143. The second kappa shape index (κ2) is 12.2. The first-order valence-corrected chi connectivity index (χ1v) is 13.7. The lowest BCUT2D eigenvalue weighted by molar-refractivity contribution is 0.234. The Labute approximate surface area is 232 Å². The normalized spacial score (nSPS) is 12.8. The summed E-state index contributed by atoms with van der Waals surface area (Å²) in [4.78, 5) is 32.7. The molecule has 1 fully saturated rings. The van der Waals surface area contributed by atoms with Crippen LogP contribution in [0, 0.1) is 5.41 Å². The smallest absolute Gasteiger partial charge is 0.264 e. The van der Waals surface area contributed by atoms with Gasteiger partial charge in [-0.25, -0.2) is 19.5 Å². The third-order valence-electron chi connectivity index (χ3n) is 6.91. The minimum absolute atomic E-state index is 0.110. The van der Waals surface area contributed by atoms with E-state index in [1.54, 1.807) is 35.3 Å². The molecule has 0 aliphatic heterocycles. The van der Waals surface area contributed by atoms with Gasteiger partial charge in [0.1, 0.15) is 11.7 Å². The van der Waals surface area contributed by atoms with Crippen LogP contribution in [0.1, 0.15) is 73.7 Å². The molecule has 10 heteroatoms. The molecule has 1 aromatic carbocycles. The highest BCUT2D eigenvalue weighted by Crippen LogP contribution is 2.39. The van der Waals surface area contributed by atoms with Crippen molar-refractivity contribution in [1.29, 1.82) is 5.41 Å². The minimum Gasteiger partial charge on any atom is -0.491 e. The van der Waals surface area contributed by atoms with E-state index in [4.69, 9.17) is 15.1 Å². The van der Waals surface area contributed by atoms with Gasteiger partial charge < -0.3 is 4.74 Å². The molecule has 1 aliphatic rings. The van der Waals surface area contributed by atoms with Crippen LogP contribution in [0.25, 0.3) is 17.2 Å². The number of benzene rings is 1. The zero-order chi connectivity index (χ0) is 28.1. The lowest BCUT2D eigenvalue weighted by Crippen LogP contribution is -2.30. The summed E-state index contributed by atoms with van der Waals surface area (Å²) in [6, 6.07) is 11.1. The van der Waals surface area contributed by atoms with Crippen molar-refractivity contribution in [3.8, 4) is 23.0 Å². The van der Waals surface area contributed by atoms with E-state index in [0.717, 1.165) is 54.7 Å². The second-order valence-electron chi connectivity index (χ2n) is 9.83. The molecule has 206 valence electrons. The lowest BCUT2D eigenvalue weighted by atomic mass is 10.00. The summed E-state index contributed by atoms with van der Waals surface area (Å²) in [6.07, 6.45) is 9.94. The van der Waals surface area contributed by atoms with Gasteiger partial charge in [-0.1, -0.05) is 43.7 Å². The number of rotatable bonds is 11. The first-order valence-electron chi connectivity index (χ1n) is 13.7. The molecule has 10 nitrogen and oxygen atoms in total. The fourth-order valence-electron chi connectivity index (χ4n) is 4.70. The van der Waals surface area contributed by atoms with E-state index in [1.165, 1.54) is 0 Å². The van der Waals surface area contributed by atoms with Crippen LogP contribution in [0.3, 0.4) is 0 Å². The van der Waals surface area contributed by atoms with E-state index < -0.39 is 0 Å². The summed E-state index contributed by atoms with van der Waals surface area (Å²) in [6.45, 7) is 4.53. The molecule has 0 bridgehead atoms. The molecular weight excluding hydrogens is 506 g/mol. The van der Waals surface area contributed by atoms with Gasteiger partial charge in [0.25, 0.3) is 5.56 Å². The second-order valence-corrected chi connectivity index (χ2v) is 9.83. The molecule has 3 aromatic heterocycles. The molecular formula is C30H33N7O3.